The molecule has 0 aliphatic carbocycles. The normalized spacial score (nSPS) is 13.8. The van der Waals surface area contributed by atoms with E-state index in [0.29, 0.717) is 28.3 Å². The van der Waals surface area contributed by atoms with E-state index in [2.05, 4.69) is 16.8 Å². The van der Waals surface area contributed by atoms with E-state index in [-0.39, 0.29) is 0 Å². The number of rotatable bonds is 0. The first-order valence-electron chi connectivity index (χ1n) is 7.31. The van der Waals surface area contributed by atoms with Crippen LogP contribution in [0.4, 0.5) is 0 Å². The smallest absolute Gasteiger partial charge is 0.184 e. The summed E-state index contributed by atoms with van der Waals surface area (Å²) in [5, 5.41) is 11.4. The summed E-state index contributed by atoms with van der Waals surface area (Å²) in [4.78, 5) is 4.19. The molecule has 1 aliphatic rings. The standard InChI is InChI=1S/C20H13NO2/c22-20(13-12-15-7-5-6-14-21-15)16-8-1-3-10-18(16)23-19-11-4-2-9-17(19)20/h1-11,14,22H. The molecule has 0 bridgehead atoms. The fourth-order valence-corrected chi connectivity index (χ4v) is 2.70. The quantitative estimate of drug-likeness (QED) is 0.646. The molecule has 1 N–H and O–H groups in total. The molecule has 2 aromatic carbocycles. The minimum Gasteiger partial charge on any atom is -0.456 e. The lowest BCUT2D eigenvalue weighted by atomic mass is 9.84. The molecule has 3 nitrogen and oxygen atoms in total. The summed E-state index contributed by atoms with van der Waals surface area (Å²) in [6.07, 6.45) is 1.68. The maximum Gasteiger partial charge on any atom is 0.184 e. The van der Waals surface area contributed by atoms with Crippen molar-refractivity contribution in [3.05, 3.63) is 89.7 Å². The molecule has 3 aromatic rings. The third-order valence-electron chi connectivity index (χ3n) is 3.81. The highest BCUT2D eigenvalue weighted by atomic mass is 16.5. The van der Waals surface area contributed by atoms with E-state index >= 15 is 0 Å². The van der Waals surface area contributed by atoms with Gasteiger partial charge in [-0.1, -0.05) is 48.4 Å². The maximum absolute atomic E-state index is 11.4. The maximum atomic E-state index is 11.4. The number of aromatic nitrogens is 1. The van der Waals surface area contributed by atoms with Gasteiger partial charge in [-0.05, 0) is 30.2 Å². The number of hydrogen-bond donors (Lipinski definition) is 1. The van der Waals surface area contributed by atoms with Crippen LogP contribution in [0.15, 0.2) is 72.9 Å². The Morgan fingerprint density at radius 3 is 2.04 bits per heavy atom. The van der Waals surface area contributed by atoms with Gasteiger partial charge in [-0.3, -0.25) is 0 Å². The number of fused-ring (bicyclic) bond motifs is 2. The Hall–Kier alpha value is -3.09. The SMILES string of the molecule is OC1(C#Cc2ccccn2)c2ccccc2Oc2ccccc21. The number of ether oxygens (including phenoxy) is 1. The topological polar surface area (TPSA) is 42.4 Å². The molecular weight excluding hydrogens is 286 g/mol. The van der Waals surface area contributed by atoms with E-state index in [1.807, 2.05) is 66.7 Å². The second kappa shape index (κ2) is 5.28. The number of aliphatic hydroxyl groups is 1. The van der Waals surface area contributed by atoms with Crippen molar-refractivity contribution in [2.45, 2.75) is 5.60 Å². The van der Waals surface area contributed by atoms with Gasteiger partial charge in [0, 0.05) is 17.3 Å². The lowest BCUT2D eigenvalue weighted by Gasteiger charge is -2.31. The van der Waals surface area contributed by atoms with Gasteiger partial charge in [-0.2, -0.15) is 0 Å². The minimum atomic E-state index is -1.43. The highest BCUT2D eigenvalue weighted by Crippen LogP contribution is 2.46. The molecule has 3 heteroatoms. The van der Waals surface area contributed by atoms with E-state index in [0.717, 1.165) is 0 Å². The van der Waals surface area contributed by atoms with E-state index in [4.69, 9.17) is 4.74 Å². The molecule has 1 aromatic heterocycles. The molecule has 0 radical (unpaired) electrons. The Bertz CT molecular complexity index is 877. The minimum absolute atomic E-state index is 0.613. The third-order valence-corrected chi connectivity index (χ3v) is 3.81. The van der Waals surface area contributed by atoms with Gasteiger partial charge < -0.3 is 9.84 Å². The van der Waals surface area contributed by atoms with Crippen LogP contribution < -0.4 is 4.74 Å². The molecule has 0 spiro atoms. The van der Waals surface area contributed by atoms with E-state index in [1.165, 1.54) is 0 Å². The highest BCUT2D eigenvalue weighted by molar-refractivity contribution is 5.60. The summed E-state index contributed by atoms with van der Waals surface area (Å²) in [6, 6.07) is 20.3. The van der Waals surface area contributed by atoms with E-state index in [1.54, 1.807) is 6.20 Å². The molecule has 110 valence electrons. The number of benzene rings is 2. The van der Waals surface area contributed by atoms with Gasteiger partial charge >= 0.3 is 0 Å². The van der Waals surface area contributed by atoms with Crippen molar-refractivity contribution in [2.75, 3.05) is 0 Å². The first-order valence-corrected chi connectivity index (χ1v) is 7.31. The zero-order valence-electron chi connectivity index (χ0n) is 12.2. The molecule has 0 amide bonds. The number of hydrogen-bond acceptors (Lipinski definition) is 3. The first-order chi connectivity index (χ1) is 11.3. The fourth-order valence-electron chi connectivity index (χ4n) is 2.70. The predicted molar refractivity (Wildman–Crippen MR) is 87.1 cm³/mol. The molecule has 1 aliphatic heterocycles. The van der Waals surface area contributed by atoms with Crippen LogP contribution in [-0.4, -0.2) is 10.1 Å². The Balaban J connectivity index is 1.92. The monoisotopic (exact) mass is 299 g/mol. The largest absolute Gasteiger partial charge is 0.456 e. The van der Waals surface area contributed by atoms with Crippen molar-refractivity contribution in [3.63, 3.8) is 0 Å². The van der Waals surface area contributed by atoms with Crippen LogP contribution in [0.3, 0.4) is 0 Å². The average molecular weight is 299 g/mol. The van der Waals surface area contributed by atoms with Gasteiger partial charge in [0.2, 0.25) is 0 Å². The summed E-state index contributed by atoms with van der Waals surface area (Å²) in [5.74, 6) is 7.19. The van der Waals surface area contributed by atoms with Crippen LogP contribution in [0.5, 0.6) is 11.5 Å². The molecule has 23 heavy (non-hydrogen) atoms. The first kappa shape index (κ1) is 13.6. The Kier molecular flexibility index (Phi) is 3.11. The van der Waals surface area contributed by atoms with Gasteiger partial charge in [0.1, 0.15) is 17.2 Å². The molecule has 0 fully saturated rings. The summed E-state index contributed by atoms with van der Waals surface area (Å²) in [7, 11) is 0. The van der Waals surface area contributed by atoms with E-state index < -0.39 is 5.60 Å². The second-order valence-corrected chi connectivity index (χ2v) is 5.27. The molecule has 0 unspecified atom stereocenters. The van der Waals surface area contributed by atoms with Gasteiger partial charge in [-0.15, -0.1) is 0 Å². The second-order valence-electron chi connectivity index (χ2n) is 5.27. The lowest BCUT2D eigenvalue weighted by Crippen LogP contribution is -2.29. The summed E-state index contributed by atoms with van der Waals surface area (Å²) < 4.78 is 5.88. The summed E-state index contributed by atoms with van der Waals surface area (Å²) >= 11 is 0. The molecule has 2 heterocycles. The third kappa shape index (κ3) is 2.26. The van der Waals surface area contributed by atoms with Gasteiger partial charge in [0.25, 0.3) is 0 Å². The van der Waals surface area contributed by atoms with Crippen LogP contribution in [0, 0.1) is 11.8 Å². The van der Waals surface area contributed by atoms with Crippen molar-refractivity contribution in [1.29, 1.82) is 0 Å². The van der Waals surface area contributed by atoms with Gasteiger partial charge in [0.05, 0.1) is 0 Å². The molecule has 4 rings (SSSR count). The Morgan fingerprint density at radius 2 is 1.43 bits per heavy atom. The molecule has 0 saturated heterocycles. The summed E-state index contributed by atoms with van der Waals surface area (Å²) in [6.45, 7) is 0. The van der Waals surface area contributed by atoms with Crippen LogP contribution in [0.25, 0.3) is 0 Å². The zero-order valence-corrected chi connectivity index (χ0v) is 12.2. The van der Waals surface area contributed by atoms with Gasteiger partial charge in [-0.25, -0.2) is 4.98 Å². The fraction of sp³-hybridized carbons (Fsp3) is 0.0500. The van der Waals surface area contributed by atoms with Crippen molar-refractivity contribution in [2.24, 2.45) is 0 Å². The number of pyridine rings is 1. The van der Waals surface area contributed by atoms with Crippen LogP contribution >= 0.6 is 0 Å². The van der Waals surface area contributed by atoms with Crippen LogP contribution in [-0.2, 0) is 5.60 Å². The number of nitrogens with zero attached hydrogens (tertiary/aromatic N) is 1. The van der Waals surface area contributed by atoms with Crippen molar-refractivity contribution in [3.8, 4) is 23.3 Å². The lowest BCUT2D eigenvalue weighted by molar-refractivity contribution is 0.131. The Labute approximate surface area is 134 Å². The Morgan fingerprint density at radius 1 is 0.826 bits per heavy atom. The molecule has 0 atom stereocenters. The van der Waals surface area contributed by atoms with Gasteiger partial charge in [0.15, 0.2) is 5.60 Å². The van der Waals surface area contributed by atoms with Crippen LogP contribution in [0.1, 0.15) is 16.8 Å². The highest BCUT2D eigenvalue weighted by Gasteiger charge is 2.38. The zero-order chi connectivity index (χ0) is 15.7. The van der Waals surface area contributed by atoms with Crippen molar-refractivity contribution >= 4 is 0 Å². The number of para-hydroxylation sites is 2. The molecular formula is C20H13NO2. The average Bonchev–Trinajstić information content (AvgIpc) is 2.61. The van der Waals surface area contributed by atoms with Crippen molar-refractivity contribution in [1.82, 2.24) is 4.98 Å². The van der Waals surface area contributed by atoms with E-state index in [9.17, 15) is 5.11 Å². The molecule has 0 saturated carbocycles. The van der Waals surface area contributed by atoms with Crippen LogP contribution in [0.2, 0.25) is 0 Å². The van der Waals surface area contributed by atoms with Crippen molar-refractivity contribution < 1.29 is 9.84 Å². The predicted octanol–water partition coefficient (Wildman–Crippen LogP) is 3.47. The summed E-state index contributed by atoms with van der Waals surface area (Å²) in [5.41, 5.74) is 0.467.